The summed E-state index contributed by atoms with van der Waals surface area (Å²) in [6.45, 7) is 4.01. The number of halogens is 3. The van der Waals surface area contributed by atoms with E-state index >= 15 is 0 Å². The maximum Gasteiger partial charge on any atom is 0.416 e. The molecule has 0 bridgehead atoms. The first-order valence-electron chi connectivity index (χ1n) is 11.4. The van der Waals surface area contributed by atoms with E-state index < -0.39 is 17.6 Å². The first-order valence-corrected chi connectivity index (χ1v) is 11.4. The molecule has 0 spiro atoms. The highest BCUT2D eigenvalue weighted by Gasteiger charge is 2.33. The average molecular weight is 511 g/mol. The molecule has 7 nitrogen and oxygen atoms in total. The number of carbonyl (C=O) groups is 1. The topological polar surface area (TPSA) is 78.3 Å². The lowest BCUT2D eigenvalue weighted by molar-refractivity contribution is -0.138. The summed E-state index contributed by atoms with van der Waals surface area (Å²) < 4.78 is 51.9. The molecule has 0 aliphatic carbocycles. The first kappa shape index (κ1) is 25.9. The van der Waals surface area contributed by atoms with Gasteiger partial charge in [0, 0.05) is 23.9 Å². The van der Waals surface area contributed by atoms with E-state index in [2.05, 4.69) is 15.4 Å². The van der Waals surface area contributed by atoms with Crippen molar-refractivity contribution in [3.8, 4) is 23.1 Å². The number of anilines is 1. The maximum absolute atomic E-state index is 13.2. The molecule has 0 aliphatic rings. The number of amides is 1. The molecule has 10 heteroatoms. The number of carbonyl (C=O) groups excluding carboxylic acids is 1. The molecule has 0 radical (unpaired) electrons. The molecular formula is C27H25F3N4O3. The fourth-order valence-electron chi connectivity index (χ4n) is 3.60. The number of benzene rings is 3. The van der Waals surface area contributed by atoms with Crippen LogP contribution in [0.15, 0.2) is 66.7 Å². The van der Waals surface area contributed by atoms with Crippen LogP contribution in [0.1, 0.15) is 27.0 Å². The fraction of sp³-hybridized carbons (Fsp3) is 0.222. The molecular weight excluding hydrogens is 485 g/mol. The van der Waals surface area contributed by atoms with Crippen LogP contribution < -0.4 is 10.1 Å². The molecule has 1 amide bonds. The highest BCUT2D eigenvalue weighted by molar-refractivity contribution is 6.04. The summed E-state index contributed by atoms with van der Waals surface area (Å²) in [5, 5.41) is 7.10. The van der Waals surface area contributed by atoms with Crippen molar-refractivity contribution in [1.82, 2.24) is 14.8 Å². The van der Waals surface area contributed by atoms with E-state index in [1.54, 1.807) is 36.1 Å². The van der Waals surface area contributed by atoms with Crippen molar-refractivity contribution in [2.75, 3.05) is 25.6 Å². The molecule has 3 aromatic carbocycles. The number of aromatic nitrogens is 3. The Kier molecular flexibility index (Phi) is 7.58. The summed E-state index contributed by atoms with van der Waals surface area (Å²) in [7, 11) is 1.57. The Bertz CT molecular complexity index is 1380. The Morgan fingerprint density at radius 2 is 1.68 bits per heavy atom. The lowest BCUT2D eigenvalue weighted by atomic mass is 10.0. The average Bonchev–Trinajstić information content (AvgIpc) is 3.29. The molecule has 1 aromatic heterocycles. The number of aryl methyl sites for hydroxylation is 2. The third kappa shape index (κ3) is 6.15. The van der Waals surface area contributed by atoms with Gasteiger partial charge < -0.3 is 14.8 Å². The zero-order valence-corrected chi connectivity index (χ0v) is 20.5. The van der Waals surface area contributed by atoms with Crippen LogP contribution in [0.3, 0.4) is 0 Å². The normalized spacial score (nSPS) is 11.4. The smallest absolute Gasteiger partial charge is 0.416 e. The van der Waals surface area contributed by atoms with Gasteiger partial charge in [-0.2, -0.15) is 18.2 Å². The lowest BCUT2D eigenvalue weighted by Gasteiger charge is -2.12. The summed E-state index contributed by atoms with van der Waals surface area (Å²) in [6, 6.07) is 18.2. The second-order valence-corrected chi connectivity index (χ2v) is 8.37. The quantitative estimate of drug-likeness (QED) is 0.301. The fourth-order valence-corrected chi connectivity index (χ4v) is 3.60. The summed E-state index contributed by atoms with van der Waals surface area (Å²) in [6.07, 6.45) is -4.54. The van der Waals surface area contributed by atoms with Crippen molar-refractivity contribution >= 4 is 11.6 Å². The van der Waals surface area contributed by atoms with E-state index in [1.807, 2.05) is 31.2 Å². The van der Waals surface area contributed by atoms with E-state index in [1.165, 1.54) is 19.1 Å². The van der Waals surface area contributed by atoms with Crippen LogP contribution >= 0.6 is 0 Å². The first-order chi connectivity index (χ1) is 17.7. The second-order valence-electron chi connectivity index (χ2n) is 8.37. The summed E-state index contributed by atoms with van der Waals surface area (Å²) in [5.41, 5.74) is 2.12. The molecule has 1 N–H and O–H groups in total. The van der Waals surface area contributed by atoms with Crippen molar-refractivity contribution in [3.63, 3.8) is 0 Å². The highest BCUT2D eigenvalue weighted by atomic mass is 19.4. The second kappa shape index (κ2) is 10.8. The Morgan fingerprint density at radius 3 is 2.32 bits per heavy atom. The minimum Gasteiger partial charge on any atom is -0.460 e. The van der Waals surface area contributed by atoms with E-state index in [4.69, 9.17) is 9.47 Å². The van der Waals surface area contributed by atoms with Gasteiger partial charge in [0.15, 0.2) is 5.82 Å². The van der Waals surface area contributed by atoms with Gasteiger partial charge in [-0.05, 0) is 55.8 Å². The van der Waals surface area contributed by atoms with E-state index in [0.29, 0.717) is 23.8 Å². The number of nitrogens with one attached hydrogen (secondary N) is 1. The third-order valence-electron chi connectivity index (χ3n) is 5.59. The summed E-state index contributed by atoms with van der Waals surface area (Å²) in [5.74, 6) is -0.0864. The van der Waals surface area contributed by atoms with Crippen molar-refractivity contribution in [3.05, 3.63) is 89.0 Å². The van der Waals surface area contributed by atoms with Crippen LogP contribution in [0.4, 0.5) is 18.9 Å². The SMILES string of the molecule is COCCOc1nc(-c2ccc(C)cc2)n(-c2ccc(NC(=O)c3ccc(C)c(C(F)(F)F)c3)cc2)n1. The highest BCUT2D eigenvalue weighted by Crippen LogP contribution is 2.32. The molecule has 0 unspecified atom stereocenters. The number of rotatable bonds is 8. The van der Waals surface area contributed by atoms with Crippen molar-refractivity contribution in [2.24, 2.45) is 0 Å². The van der Waals surface area contributed by atoms with Gasteiger partial charge in [-0.15, -0.1) is 5.10 Å². The molecule has 192 valence electrons. The maximum atomic E-state index is 13.2. The Labute approximate surface area is 211 Å². The molecule has 4 aromatic rings. The minimum absolute atomic E-state index is 0.0520. The number of methoxy groups -OCH3 is 1. The number of hydrogen-bond acceptors (Lipinski definition) is 5. The molecule has 4 rings (SSSR count). The van der Waals surface area contributed by atoms with Crippen LogP contribution in [-0.2, 0) is 10.9 Å². The molecule has 0 saturated carbocycles. The molecule has 1 heterocycles. The van der Waals surface area contributed by atoms with Crippen molar-refractivity contribution in [2.45, 2.75) is 20.0 Å². The summed E-state index contributed by atoms with van der Waals surface area (Å²) in [4.78, 5) is 17.1. The van der Waals surface area contributed by atoms with E-state index in [-0.39, 0.29) is 23.7 Å². The zero-order valence-electron chi connectivity index (χ0n) is 20.5. The van der Waals surface area contributed by atoms with Crippen LogP contribution in [-0.4, -0.2) is 41.0 Å². The molecule has 0 aliphatic heterocycles. The van der Waals surface area contributed by atoms with Gasteiger partial charge >= 0.3 is 12.2 Å². The van der Waals surface area contributed by atoms with Gasteiger partial charge in [-0.3, -0.25) is 4.79 Å². The Morgan fingerprint density at radius 1 is 0.973 bits per heavy atom. The van der Waals surface area contributed by atoms with Gasteiger partial charge in [-0.25, -0.2) is 4.68 Å². The van der Waals surface area contributed by atoms with Gasteiger partial charge in [0.05, 0.1) is 17.9 Å². The molecule has 0 atom stereocenters. The molecule has 37 heavy (non-hydrogen) atoms. The summed E-state index contributed by atoms with van der Waals surface area (Å²) >= 11 is 0. The minimum atomic E-state index is -4.54. The number of alkyl halides is 3. The predicted molar refractivity (Wildman–Crippen MR) is 133 cm³/mol. The van der Waals surface area contributed by atoms with Crippen LogP contribution in [0, 0.1) is 13.8 Å². The van der Waals surface area contributed by atoms with Gasteiger partial charge in [0.1, 0.15) is 6.61 Å². The Hall–Kier alpha value is -4.18. The predicted octanol–water partition coefficient (Wildman–Crippen LogP) is 5.85. The van der Waals surface area contributed by atoms with E-state index in [0.717, 1.165) is 17.2 Å². The Balaban J connectivity index is 1.58. The van der Waals surface area contributed by atoms with Crippen LogP contribution in [0.2, 0.25) is 0 Å². The lowest BCUT2D eigenvalue weighted by Crippen LogP contribution is -2.15. The monoisotopic (exact) mass is 510 g/mol. The number of ether oxygens (including phenoxy) is 2. The van der Waals surface area contributed by atoms with Crippen LogP contribution in [0.5, 0.6) is 6.01 Å². The standard InChI is InChI=1S/C27H25F3N4O3/c1-17-4-7-19(8-5-17)24-32-26(37-15-14-36-3)33-34(24)22-12-10-21(11-13-22)31-25(35)20-9-6-18(2)23(16-20)27(28,29)30/h4-13,16H,14-15H2,1-3H3,(H,31,35). The van der Waals surface area contributed by atoms with E-state index in [9.17, 15) is 18.0 Å². The molecule has 0 fully saturated rings. The van der Waals surface area contributed by atoms with Gasteiger partial charge in [0.2, 0.25) is 0 Å². The third-order valence-corrected chi connectivity index (χ3v) is 5.59. The van der Waals surface area contributed by atoms with Gasteiger partial charge in [-0.1, -0.05) is 35.9 Å². The molecule has 0 saturated heterocycles. The van der Waals surface area contributed by atoms with Crippen LogP contribution in [0.25, 0.3) is 17.1 Å². The number of hydrogen-bond donors (Lipinski definition) is 1. The largest absolute Gasteiger partial charge is 0.460 e. The van der Waals surface area contributed by atoms with Gasteiger partial charge in [0.25, 0.3) is 5.91 Å². The van der Waals surface area contributed by atoms with Crippen molar-refractivity contribution < 1.29 is 27.4 Å². The number of nitrogens with zero attached hydrogens (tertiary/aromatic N) is 3. The van der Waals surface area contributed by atoms with Crippen molar-refractivity contribution in [1.29, 1.82) is 0 Å². The zero-order chi connectivity index (χ0) is 26.6.